The van der Waals surface area contributed by atoms with Gasteiger partial charge in [0.1, 0.15) is 6.54 Å². The number of guanidine groups is 1. The summed E-state index contributed by atoms with van der Waals surface area (Å²) in [5, 5.41) is 6.11. The molecule has 0 saturated heterocycles. The number of rotatable bonds is 2. The summed E-state index contributed by atoms with van der Waals surface area (Å²) in [6, 6.07) is 0. The first kappa shape index (κ1) is 10.5. The van der Waals surface area contributed by atoms with E-state index in [1.807, 2.05) is 0 Å². The van der Waals surface area contributed by atoms with Crippen molar-refractivity contribution in [2.75, 3.05) is 27.7 Å². The van der Waals surface area contributed by atoms with Gasteiger partial charge in [-0.25, -0.2) is 0 Å². The molecule has 0 saturated carbocycles. The van der Waals surface area contributed by atoms with Crippen LogP contribution in [0.2, 0.25) is 0 Å². The van der Waals surface area contributed by atoms with Gasteiger partial charge in [-0.2, -0.15) is 0 Å². The molecule has 0 aliphatic rings. The molecule has 0 aliphatic heterocycles. The maximum Gasteiger partial charge on any atom is 0.325 e. The number of nitrogens with one attached hydrogen (secondary N) is 1. The van der Waals surface area contributed by atoms with E-state index in [0.29, 0.717) is 5.96 Å². The second-order valence-electron chi connectivity index (χ2n) is 2.28. The highest BCUT2D eigenvalue weighted by Crippen LogP contribution is 1.77. The summed E-state index contributed by atoms with van der Waals surface area (Å²) in [5.41, 5.74) is 0. The number of hydrazone groups is 1. The van der Waals surface area contributed by atoms with Crippen LogP contribution in [0.25, 0.3) is 0 Å². The van der Waals surface area contributed by atoms with Crippen molar-refractivity contribution < 1.29 is 9.53 Å². The van der Waals surface area contributed by atoms with Crippen LogP contribution in [0.1, 0.15) is 0 Å². The van der Waals surface area contributed by atoms with Crippen LogP contribution in [0.3, 0.4) is 0 Å². The highest BCUT2D eigenvalue weighted by molar-refractivity contribution is 5.83. The van der Waals surface area contributed by atoms with E-state index in [0.717, 1.165) is 0 Å². The molecular formula is C6H14N4O2. The first-order chi connectivity index (χ1) is 5.61. The molecule has 0 radical (unpaired) electrons. The molecule has 0 bridgehead atoms. The molecular weight excluding hydrogens is 160 g/mol. The topological polar surface area (TPSA) is 79.9 Å². The largest absolute Gasteiger partial charge is 0.468 e. The number of nitrogens with zero attached hydrogens (tertiary/aromatic N) is 2. The molecule has 0 aromatic rings. The van der Waals surface area contributed by atoms with E-state index in [-0.39, 0.29) is 12.5 Å². The smallest absolute Gasteiger partial charge is 0.325 e. The lowest BCUT2D eigenvalue weighted by atomic mass is 10.6. The highest BCUT2D eigenvalue weighted by Gasteiger charge is 2.03. The van der Waals surface area contributed by atoms with Crippen LogP contribution < -0.4 is 11.2 Å². The SMILES string of the molecule is COC(=O)CN/C(=N\N)N(C)C. The fraction of sp³-hybridized carbons (Fsp3) is 0.667. The molecule has 12 heavy (non-hydrogen) atoms. The first-order valence-corrected chi connectivity index (χ1v) is 3.37. The van der Waals surface area contributed by atoms with Gasteiger partial charge in [0, 0.05) is 14.1 Å². The molecule has 0 aromatic carbocycles. The molecule has 70 valence electrons. The third kappa shape index (κ3) is 3.65. The Morgan fingerprint density at radius 2 is 2.25 bits per heavy atom. The minimum atomic E-state index is -0.363. The number of nitrogens with two attached hydrogens (primary N) is 1. The first-order valence-electron chi connectivity index (χ1n) is 3.37. The van der Waals surface area contributed by atoms with Crippen molar-refractivity contribution in [1.82, 2.24) is 10.2 Å². The minimum Gasteiger partial charge on any atom is -0.468 e. The zero-order chi connectivity index (χ0) is 9.56. The van der Waals surface area contributed by atoms with Crippen molar-refractivity contribution in [2.45, 2.75) is 0 Å². The zero-order valence-electron chi connectivity index (χ0n) is 7.50. The predicted molar refractivity (Wildman–Crippen MR) is 45.3 cm³/mol. The van der Waals surface area contributed by atoms with Crippen molar-refractivity contribution >= 4 is 11.9 Å². The summed E-state index contributed by atoms with van der Waals surface area (Å²) in [4.78, 5) is 12.3. The van der Waals surface area contributed by atoms with E-state index in [2.05, 4.69) is 15.2 Å². The molecule has 6 heteroatoms. The van der Waals surface area contributed by atoms with Crippen LogP contribution in [-0.4, -0.2) is 44.6 Å². The highest BCUT2D eigenvalue weighted by atomic mass is 16.5. The van der Waals surface area contributed by atoms with Crippen LogP contribution >= 0.6 is 0 Å². The van der Waals surface area contributed by atoms with Crippen molar-refractivity contribution in [2.24, 2.45) is 10.9 Å². The monoisotopic (exact) mass is 174 g/mol. The number of methoxy groups -OCH3 is 1. The Kier molecular flexibility index (Phi) is 4.59. The van der Waals surface area contributed by atoms with Gasteiger partial charge in [-0.3, -0.25) is 4.79 Å². The van der Waals surface area contributed by atoms with Gasteiger partial charge in [0.15, 0.2) is 0 Å². The maximum absolute atomic E-state index is 10.7. The molecule has 0 amide bonds. The Balaban J connectivity index is 3.83. The van der Waals surface area contributed by atoms with Crippen LogP contribution in [0, 0.1) is 0 Å². The molecule has 0 aliphatic carbocycles. The lowest BCUT2D eigenvalue weighted by Crippen LogP contribution is -2.40. The number of carbonyl (C=O) groups is 1. The van der Waals surface area contributed by atoms with Crippen molar-refractivity contribution in [1.29, 1.82) is 0 Å². The quantitative estimate of drug-likeness (QED) is 0.176. The van der Waals surface area contributed by atoms with Gasteiger partial charge in [0.05, 0.1) is 7.11 Å². The number of carbonyl (C=O) groups excluding carboxylic acids is 1. The summed E-state index contributed by atoms with van der Waals surface area (Å²) in [7, 11) is 4.84. The molecule has 0 rings (SSSR count). The summed E-state index contributed by atoms with van der Waals surface area (Å²) >= 11 is 0. The molecule has 0 spiro atoms. The van der Waals surface area contributed by atoms with Gasteiger partial charge in [0.25, 0.3) is 0 Å². The Bertz CT molecular complexity index is 178. The summed E-state index contributed by atoms with van der Waals surface area (Å²) in [6.45, 7) is 0.0602. The summed E-state index contributed by atoms with van der Waals surface area (Å²) in [6.07, 6.45) is 0. The second kappa shape index (κ2) is 5.22. The Morgan fingerprint density at radius 1 is 1.67 bits per heavy atom. The van der Waals surface area contributed by atoms with E-state index >= 15 is 0 Å². The van der Waals surface area contributed by atoms with Crippen LogP contribution in [0.5, 0.6) is 0 Å². The van der Waals surface area contributed by atoms with E-state index in [1.165, 1.54) is 7.11 Å². The predicted octanol–water partition coefficient (Wildman–Crippen LogP) is -1.46. The van der Waals surface area contributed by atoms with Gasteiger partial charge in [-0.15, -0.1) is 5.10 Å². The summed E-state index contributed by atoms with van der Waals surface area (Å²) in [5.74, 6) is 5.10. The van der Waals surface area contributed by atoms with Crippen LogP contribution in [0.4, 0.5) is 0 Å². The minimum absolute atomic E-state index is 0.0602. The lowest BCUT2D eigenvalue weighted by molar-refractivity contribution is -0.139. The Labute approximate surface area is 71.4 Å². The molecule has 0 heterocycles. The van der Waals surface area contributed by atoms with Gasteiger partial charge in [-0.05, 0) is 0 Å². The third-order valence-electron chi connectivity index (χ3n) is 1.16. The maximum atomic E-state index is 10.7. The molecule has 0 atom stereocenters. The van der Waals surface area contributed by atoms with Crippen molar-refractivity contribution in [3.05, 3.63) is 0 Å². The second-order valence-corrected chi connectivity index (χ2v) is 2.28. The van der Waals surface area contributed by atoms with Crippen LogP contribution in [0.15, 0.2) is 5.10 Å². The number of ether oxygens (including phenoxy) is 1. The standard InChI is InChI=1S/C6H14N4O2/c1-10(2)6(9-7)8-4-5(11)12-3/h4,7H2,1-3H3,(H,8,9). The fourth-order valence-corrected chi connectivity index (χ4v) is 0.543. The van der Waals surface area contributed by atoms with E-state index in [4.69, 9.17) is 5.84 Å². The number of hydrogen-bond acceptors (Lipinski definition) is 4. The molecule has 3 N–H and O–H groups in total. The van der Waals surface area contributed by atoms with Gasteiger partial charge in [0.2, 0.25) is 5.96 Å². The molecule has 0 aromatic heterocycles. The molecule has 0 fully saturated rings. The van der Waals surface area contributed by atoms with Crippen LogP contribution in [-0.2, 0) is 9.53 Å². The number of esters is 1. The van der Waals surface area contributed by atoms with Gasteiger partial charge >= 0.3 is 5.97 Å². The molecule has 6 nitrogen and oxygen atoms in total. The van der Waals surface area contributed by atoms with Gasteiger partial charge < -0.3 is 20.8 Å². The van der Waals surface area contributed by atoms with E-state index < -0.39 is 0 Å². The van der Waals surface area contributed by atoms with E-state index in [9.17, 15) is 4.79 Å². The zero-order valence-corrected chi connectivity index (χ0v) is 7.50. The molecule has 0 unspecified atom stereocenters. The Morgan fingerprint density at radius 3 is 2.58 bits per heavy atom. The summed E-state index contributed by atoms with van der Waals surface area (Å²) < 4.78 is 4.41. The van der Waals surface area contributed by atoms with Gasteiger partial charge in [-0.1, -0.05) is 0 Å². The Hall–Kier alpha value is -1.46. The lowest BCUT2D eigenvalue weighted by Gasteiger charge is -2.14. The average Bonchev–Trinajstić information content (AvgIpc) is 2.04. The normalized spacial score (nSPS) is 10.8. The fourth-order valence-electron chi connectivity index (χ4n) is 0.543. The van der Waals surface area contributed by atoms with E-state index in [1.54, 1.807) is 19.0 Å². The van der Waals surface area contributed by atoms with Crippen molar-refractivity contribution in [3.8, 4) is 0 Å². The average molecular weight is 174 g/mol. The number of hydrogen-bond donors (Lipinski definition) is 2. The third-order valence-corrected chi connectivity index (χ3v) is 1.16. The van der Waals surface area contributed by atoms with Crippen molar-refractivity contribution in [3.63, 3.8) is 0 Å².